The summed E-state index contributed by atoms with van der Waals surface area (Å²) in [6, 6.07) is 7.07. The van der Waals surface area contributed by atoms with Gasteiger partial charge in [-0.2, -0.15) is 0 Å². The van der Waals surface area contributed by atoms with Crippen molar-refractivity contribution in [3.05, 3.63) is 24.3 Å². The molecular weight excluding hydrogens is 272 g/mol. The molecule has 1 spiro atoms. The van der Waals surface area contributed by atoms with Crippen molar-refractivity contribution in [3.8, 4) is 5.75 Å². The number of carbonyl (C=O) groups excluding carboxylic acids is 1. The lowest BCUT2D eigenvalue weighted by molar-refractivity contribution is -0.187. The highest BCUT2D eigenvalue weighted by Gasteiger charge is 2.40. The van der Waals surface area contributed by atoms with Crippen LogP contribution < -0.4 is 10.5 Å². The molecule has 6 nitrogen and oxygen atoms in total. The van der Waals surface area contributed by atoms with Crippen LogP contribution in [0.15, 0.2) is 24.3 Å². The van der Waals surface area contributed by atoms with Gasteiger partial charge in [0.25, 0.3) is 5.91 Å². The number of piperidine rings is 1. The first-order valence-electron chi connectivity index (χ1n) is 7.21. The van der Waals surface area contributed by atoms with Crippen molar-refractivity contribution in [3.63, 3.8) is 0 Å². The molecule has 6 heteroatoms. The lowest BCUT2D eigenvalue weighted by Crippen LogP contribution is -2.48. The van der Waals surface area contributed by atoms with Gasteiger partial charge in [-0.15, -0.1) is 0 Å². The van der Waals surface area contributed by atoms with Crippen LogP contribution in [0, 0.1) is 0 Å². The summed E-state index contributed by atoms with van der Waals surface area (Å²) in [4.78, 5) is 13.9. The van der Waals surface area contributed by atoms with Gasteiger partial charge in [-0.25, -0.2) is 0 Å². The second-order valence-corrected chi connectivity index (χ2v) is 5.35. The molecule has 21 heavy (non-hydrogen) atoms. The topological polar surface area (TPSA) is 74.0 Å². The number of hydrogen-bond acceptors (Lipinski definition) is 5. The zero-order valence-corrected chi connectivity index (χ0v) is 11.9. The van der Waals surface area contributed by atoms with Gasteiger partial charge in [-0.05, 0) is 12.1 Å². The van der Waals surface area contributed by atoms with Gasteiger partial charge in [0.15, 0.2) is 12.4 Å². The third kappa shape index (κ3) is 3.28. The lowest BCUT2D eigenvalue weighted by Gasteiger charge is -2.37. The van der Waals surface area contributed by atoms with E-state index in [0.717, 1.165) is 12.8 Å². The van der Waals surface area contributed by atoms with Crippen molar-refractivity contribution in [1.82, 2.24) is 4.90 Å². The average Bonchev–Trinajstić information content (AvgIpc) is 2.94. The van der Waals surface area contributed by atoms with Crippen molar-refractivity contribution in [2.45, 2.75) is 18.6 Å². The minimum Gasteiger partial charge on any atom is -0.484 e. The molecule has 0 unspecified atom stereocenters. The van der Waals surface area contributed by atoms with E-state index in [1.54, 1.807) is 29.2 Å². The fraction of sp³-hybridized carbons (Fsp3) is 0.533. The second kappa shape index (κ2) is 5.91. The van der Waals surface area contributed by atoms with E-state index in [4.69, 9.17) is 19.9 Å². The maximum Gasteiger partial charge on any atom is 0.260 e. The molecule has 2 aliphatic heterocycles. The molecule has 0 atom stereocenters. The zero-order chi connectivity index (χ0) is 14.7. The maximum atomic E-state index is 12.1. The van der Waals surface area contributed by atoms with Crippen LogP contribution in [-0.2, 0) is 14.3 Å². The van der Waals surface area contributed by atoms with Gasteiger partial charge in [0.05, 0.1) is 13.2 Å². The Morgan fingerprint density at radius 1 is 1.29 bits per heavy atom. The molecule has 1 aromatic carbocycles. The van der Waals surface area contributed by atoms with Crippen molar-refractivity contribution < 1.29 is 19.0 Å². The molecule has 0 saturated carbocycles. The number of benzene rings is 1. The highest BCUT2D eigenvalue weighted by Crippen LogP contribution is 2.31. The highest BCUT2D eigenvalue weighted by molar-refractivity contribution is 5.77. The van der Waals surface area contributed by atoms with Gasteiger partial charge in [-0.3, -0.25) is 4.79 Å². The Balaban J connectivity index is 1.48. The first-order valence-corrected chi connectivity index (χ1v) is 7.21. The predicted octanol–water partition coefficient (Wildman–Crippen LogP) is 1.01. The molecular formula is C15H20N2O4. The summed E-state index contributed by atoms with van der Waals surface area (Å²) in [5, 5.41) is 0. The van der Waals surface area contributed by atoms with Crippen LogP contribution in [0.25, 0.3) is 0 Å². The molecule has 2 fully saturated rings. The number of carbonyl (C=O) groups is 1. The summed E-state index contributed by atoms with van der Waals surface area (Å²) in [7, 11) is 0. The van der Waals surface area contributed by atoms with E-state index in [9.17, 15) is 4.79 Å². The number of nitrogen functional groups attached to an aromatic ring is 1. The minimum absolute atomic E-state index is 0.0229. The number of likely N-dealkylation sites (tertiary alicyclic amines) is 1. The SMILES string of the molecule is Nc1cccc(OCC(=O)N2CCC3(CC2)OCCO3)c1. The number of ether oxygens (including phenoxy) is 3. The summed E-state index contributed by atoms with van der Waals surface area (Å²) in [5.41, 5.74) is 6.29. The van der Waals surface area contributed by atoms with E-state index >= 15 is 0 Å². The van der Waals surface area contributed by atoms with Gasteiger partial charge in [-0.1, -0.05) is 6.07 Å². The number of rotatable bonds is 3. The second-order valence-electron chi connectivity index (χ2n) is 5.35. The fourth-order valence-corrected chi connectivity index (χ4v) is 2.72. The third-order valence-electron chi connectivity index (χ3n) is 3.91. The van der Waals surface area contributed by atoms with Crippen LogP contribution in [0.5, 0.6) is 5.75 Å². The zero-order valence-electron chi connectivity index (χ0n) is 11.9. The monoisotopic (exact) mass is 292 g/mol. The Hall–Kier alpha value is -1.79. The molecule has 114 valence electrons. The lowest BCUT2D eigenvalue weighted by atomic mass is 10.0. The Morgan fingerprint density at radius 3 is 2.67 bits per heavy atom. The Bertz CT molecular complexity index is 504. The van der Waals surface area contributed by atoms with Gasteiger partial charge in [0.2, 0.25) is 0 Å². The van der Waals surface area contributed by atoms with Gasteiger partial charge in [0.1, 0.15) is 5.75 Å². The molecule has 1 aromatic rings. The first-order chi connectivity index (χ1) is 10.2. The molecule has 2 saturated heterocycles. The van der Waals surface area contributed by atoms with Gasteiger partial charge >= 0.3 is 0 Å². The fourth-order valence-electron chi connectivity index (χ4n) is 2.72. The number of anilines is 1. The highest BCUT2D eigenvalue weighted by atomic mass is 16.7. The summed E-state index contributed by atoms with van der Waals surface area (Å²) in [5.74, 6) is 0.135. The van der Waals surface area contributed by atoms with Crippen molar-refractivity contribution >= 4 is 11.6 Å². The molecule has 2 heterocycles. The third-order valence-corrected chi connectivity index (χ3v) is 3.91. The van der Waals surface area contributed by atoms with Crippen molar-refractivity contribution in [2.75, 3.05) is 38.6 Å². The van der Waals surface area contributed by atoms with Crippen LogP contribution >= 0.6 is 0 Å². The van der Waals surface area contributed by atoms with E-state index in [2.05, 4.69) is 0 Å². The summed E-state index contributed by atoms with van der Waals surface area (Å²) in [6.07, 6.45) is 1.44. The van der Waals surface area contributed by atoms with Gasteiger partial charge in [0, 0.05) is 37.7 Å². The Morgan fingerprint density at radius 2 is 2.00 bits per heavy atom. The van der Waals surface area contributed by atoms with E-state index in [-0.39, 0.29) is 12.5 Å². The smallest absolute Gasteiger partial charge is 0.260 e. The van der Waals surface area contributed by atoms with Crippen LogP contribution in [0.1, 0.15) is 12.8 Å². The normalized spacial score (nSPS) is 20.7. The molecule has 3 rings (SSSR count). The molecule has 2 aliphatic rings. The number of nitrogens with zero attached hydrogens (tertiary/aromatic N) is 1. The first kappa shape index (κ1) is 14.2. The van der Waals surface area contributed by atoms with Crippen LogP contribution in [0.4, 0.5) is 5.69 Å². The summed E-state index contributed by atoms with van der Waals surface area (Å²) >= 11 is 0. The minimum atomic E-state index is -0.453. The molecule has 0 aliphatic carbocycles. The molecule has 0 radical (unpaired) electrons. The van der Waals surface area contributed by atoms with Crippen LogP contribution in [0.3, 0.4) is 0 Å². The molecule has 0 aromatic heterocycles. The van der Waals surface area contributed by atoms with Crippen molar-refractivity contribution in [1.29, 1.82) is 0 Å². The maximum absolute atomic E-state index is 12.1. The quantitative estimate of drug-likeness (QED) is 0.842. The molecule has 1 amide bonds. The Kier molecular flexibility index (Phi) is 3.98. The van der Waals surface area contributed by atoms with Gasteiger partial charge < -0.3 is 24.8 Å². The van der Waals surface area contributed by atoms with E-state index in [1.165, 1.54) is 0 Å². The average molecular weight is 292 g/mol. The predicted molar refractivity (Wildman–Crippen MR) is 76.8 cm³/mol. The summed E-state index contributed by atoms with van der Waals surface area (Å²) in [6.45, 7) is 2.59. The standard InChI is InChI=1S/C15H20N2O4/c16-12-2-1-3-13(10-12)19-11-14(18)17-6-4-15(5-7-17)20-8-9-21-15/h1-3,10H,4-9,11,16H2. The molecule has 0 bridgehead atoms. The number of nitrogens with two attached hydrogens (primary N) is 1. The van der Waals surface area contributed by atoms with Crippen LogP contribution in [0.2, 0.25) is 0 Å². The number of hydrogen-bond donors (Lipinski definition) is 1. The van der Waals surface area contributed by atoms with E-state index < -0.39 is 5.79 Å². The number of amides is 1. The Labute approximate surface area is 123 Å². The summed E-state index contributed by atoms with van der Waals surface area (Å²) < 4.78 is 16.8. The van der Waals surface area contributed by atoms with E-state index in [1.807, 2.05) is 0 Å². The molecule has 2 N–H and O–H groups in total. The van der Waals surface area contributed by atoms with Crippen LogP contribution in [-0.4, -0.2) is 49.5 Å². The largest absolute Gasteiger partial charge is 0.484 e. The van der Waals surface area contributed by atoms with E-state index in [0.29, 0.717) is 37.7 Å². The van der Waals surface area contributed by atoms with Crippen molar-refractivity contribution in [2.24, 2.45) is 0 Å².